The molecule has 0 aliphatic heterocycles. The first-order chi connectivity index (χ1) is 10.1. The molecule has 1 aromatic carbocycles. The van der Waals surface area contributed by atoms with Crippen LogP contribution in [-0.4, -0.2) is 19.0 Å². The molecule has 3 atom stereocenters. The molecule has 4 heteroatoms. The highest BCUT2D eigenvalue weighted by Gasteiger charge is 2.39. The molecule has 110 valence electrons. The van der Waals surface area contributed by atoms with Gasteiger partial charge in [0.15, 0.2) is 0 Å². The average molecular weight is 285 g/mol. The van der Waals surface area contributed by atoms with Crippen LogP contribution in [0.5, 0.6) is 0 Å². The highest BCUT2D eigenvalue weighted by molar-refractivity contribution is 5.95. The lowest BCUT2D eigenvalue weighted by atomic mass is 9.92. The monoisotopic (exact) mass is 285 g/mol. The van der Waals surface area contributed by atoms with Crippen molar-refractivity contribution < 1.29 is 14.3 Å². The minimum Gasteiger partial charge on any atom is -0.465 e. The maximum absolute atomic E-state index is 12.4. The zero-order chi connectivity index (χ0) is 15.0. The number of hydrogen-bond donors (Lipinski definition) is 1. The summed E-state index contributed by atoms with van der Waals surface area (Å²) in [6.07, 6.45) is 6.46. The SMILES string of the molecule is COC(=O)c1ccc(NC(=O)[C@H]2C[C@H]3C=C[C@H]2C3)c(C)c1. The van der Waals surface area contributed by atoms with Crippen LogP contribution in [-0.2, 0) is 9.53 Å². The van der Waals surface area contributed by atoms with Crippen molar-refractivity contribution >= 4 is 17.6 Å². The number of fused-ring (bicyclic) bond motifs is 2. The Morgan fingerprint density at radius 2 is 2.05 bits per heavy atom. The Morgan fingerprint density at radius 3 is 2.62 bits per heavy atom. The molecule has 1 saturated carbocycles. The molecular weight excluding hydrogens is 266 g/mol. The molecule has 0 saturated heterocycles. The molecular formula is C17H19NO3. The smallest absolute Gasteiger partial charge is 0.337 e. The van der Waals surface area contributed by atoms with Crippen LogP contribution in [0.1, 0.15) is 28.8 Å². The standard InChI is InChI=1S/C17H19NO3/c1-10-7-13(17(20)21-2)5-6-15(10)18-16(19)14-9-11-3-4-12(14)8-11/h3-7,11-12,14H,8-9H2,1-2H3,(H,18,19)/t11-,12-,14-/m0/s1. The zero-order valence-electron chi connectivity index (χ0n) is 12.3. The molecule has 2 aliphatic carbocycles. The van der Waals surface area contributed by atoms with Crippen molar-refractivity contribution in [2.45, 2.75) is 19.8 Å². The average Bonchev–Trinajstić information content (AvgIpc) is 3.11. The molecule has 1 amide bonds. The molecule has 4 nitrogen and oxygen atoms in total. The number of methoxy groups -OCH3 is 1. The molecule has 0 spiro atoms. The molecule has 1 aromatic rings. The summed E-state index contributed by atoms with van der Waals surface area (Å²) in [6.45, 7) is 1.88. The van der Waals surface area contributed by atoms with Gasteiger partial charge in [-0.2, -0.15) is 0 Å². The van der Waals surface area contributed by atoms with Gasteiger partial charge in [0.05, 0.1) is 12.7 Å². The van der Waals surface area contributed by atoms with Gasteiger partial charge in [0, 0.05) is 11.6 Å². The highest BCUT2D eigenvalue weighted by Crippen LogP contribution is 2.43. The summed E-state index contributed by atoms with van der Waals surface area (Å²) in [5.41, 5.74) is 2.13. The Balaban J connectivity index is 1.72. The summed E-state index contributed by atoms with van der Waals surface area (Å²) in [5, 5.41) is 3.00. The van der Waals surface area contributed by atoms with Gasteiger partial charge in [0.1, 0.15) is 0 Å². The van der Waals surface area contributed by atoms with Gasteiger partial charge in [-0.25, -0.2) is 4.79 Å². The van der Waals surface area contributed by atoms with E-state index in [9.17, 15) is 9.59 Å². The number of aryl methyl sites for hydroxylation is 1. The molecule has 0 radical (unpaired) electrons. The summed E-state index contributed by atoms with van der Waals surface area (Å²) in [7, 11) is 1.36. The molecule has 2 aliphatic rings. The lowest BCUT2D eigenvalue weighted by Crippen LogP contribution is -2.26. The molecule has 1 fully saturated rings. The van der Waals surface area contributed by atoms with E-state index in [4.69, 9.17) is 4.74 Å². The van der Waals surface area contributed by atoms with Crippen molar-refractivity contribution in [1.82, 2.24) is 0 Å². The van der Waals surface area contributed by atoms with Crippen molar-refractivity contribution in [3.8, 4) is 0 Å². The quantitative estimate of drug-likeness (QED) is 0.686. The Labute approximate surface area is 124 Å². The van der Waals surface area contributed by atoms with Crippen LogP contribution in [0.15, 0.2) is 30.4 Å². The number of allylic oxidation sites excluding steroid dienone is 2. The lowest BCUT2D eigenvalue weighted by Gasteiger charge is -2.18. The molecule has 0 unspecified atom stereocenters. The fourth-order valence-corrected chi connectivity index (χ4v) is 3.36. The second-order valence-corrected chi connectivity index (χ2v) is 5.90. The first-order valence-corrected chi connectivity index (χ1v) is 7.26. The van der Waals surface area contributed by atoms with Crippen molar-refractivity contribution in [1.29, 1.82) is 0 Å². The highest BCUT2D eigenvalue weighted by atomic mass is 16.5. The number of carbonyl (C=O) groups excluding carboxylic acids is 2. The number of amides is 1. The number of hydrogen-bond acceptors (Lipinski definition) is 3. The molecule has 0 heterocycles. The second kappa shape index (κ2) is 5.35. The van der Waals surface area contributed by atoms with Gasteiger partial charge in [0.25, 0.3) is 0 Å². The Morgan fingerprint density at radius 1 is 1.24 bits per heavy atom. The van der Waals surface area contributed by atoms with Crippen LogP contribution in [0.25, 0.3) is 0 Å². The van der Waals surface area contributed by atoms with Crippen LogP contribution >= 0.6 is 0 Å². The van der Waals surface area contributed by atoms with Gasteiger partial charge in [0.2, 0.25) is 5.91 Å². The zero-order valence-corrected chi connectivity index (χ0v) is 12.3. The van der Waals surface area contributed by atoms with E-state index >= 15 is 0 Å². The fraction of sp³-hybridized carbons (Fsp3) is 0.412. The summed E-state index contributed by atoms with van der Waals surface area (Å²) < 4.78 is 4.69. The predicted octanol–water partition coefficient (Wildman–Crippen LogP) is 2.93. The van der Waals surface area contributed by atoms with Gasteiger partial charge < -0.3 is 10.1 Å². The molecule has 3 rings (SSSR count). The van der Waals surface area contributed by atoms with E-state index < -0.39 is 0 Å². The molecule has 2 bridgehead atoms. The van der Waals surface area contributed by atoms with E-state index in [1.54, 1.807) is 18.2 Å². The van der Waals surface area contributed by atoms with E-state index in [-0.39, 0.29) is 17.8 Å². The normalized spacial score (nSPS) is 25.9. The minimum atomic E-state index is -0.366. The number of esters is 1. The van der Waals surface area contributed by atoms with Crippen molar-refractivity contribution in [3.63, 3.8) is 0 Å². The van der Waals surface area contributed by atoms with Gasteiger partial charge in [-0.3, -0.25) is 4.79 Å². The van der Waals surface area contributed by atoms with Gasteiger partial charge in [-0.05, 0) is 55.4 Å². The fourth-order valence-electron chi connectivity index (χ4n) is 3.36. The molecule has 21 heavy (non-hydrogen) atoms. The minimum absolute atomic E-state index is 0.0830. The summed E-state index contributed by atoms with van der Waals surface area (Å²) in [5.74, 6) is 0.771. The first kappa shape index (κ1) is 13.9. The van der Waals surface area contributed by atoms with Crippen LogP contribution in [0.3, 0.4) is 0 Å². The number of benzene rings is 1. The van der Waals surface area contributed by atoms with Gasteiger partial charge in [-0.1, -0.05) is 12.2 Å². The number of carbonyl (C=O) groups is 2. The Hall–Kier alpha value is -2.10. The third-order valence-corrected chi connectivity index (χ3v) is 4.52. The molecule has 1 N–H and O–H groups in total. The van der Waals surface area contributed by atoms with Crippen LogP contribution in [0.4, 0.5) is 5.69 Å². The lowest BCUT2D eigenvalue weighted by molar-refractivity contribution is -0.120. The van der Waals surface area contributed by atoms with E-state index in [0.29, 0.717) is 17.4 Å². The van der Waals surface area contributed by atoms with Crippen LogP contribution < -0.4 is 5.32 Å². The topological polar surface area (TPSA) is 55.4 Å². The van der Waals surface area contributed by atoms with Crippen molar-refractivity contribution in [2.75, 3.05) is 12.4 Å². The second-order valence-electron chi connectivity index (χ2n) is 5.90. The van der Waals surface area contributed by atoms with Crippen molar-refractivity contribution in [2.24, 2.45) is 17.8 Å². The number of rotatable bonds is 3. The number of nitrogens with one attached hydrogen (secondary N) is 1. The maximum atomic E-state index is 12.4. The van der Waals surface area contributed by atoms with Crippen molar-refractivity contribution in [3.05, 3.63) is 41.5 Å². The first-order valence-electron chi connectivity index (χ1n) is 7.26. The largest absolute Gasteiger partial charge is 0.465 e. The number of anilines is 1. The third-order valence-electron chi connectivity index (χ3n) is 4.52. The van der Waals surface area contributed by atoms with E-state index in [2.05, 4.69) is 17.5 Å². The summed E-state index contributed by atoms with van der Waals surface area (Å²) in [6, 6.07) is 5.18. The Bertz CT molecular complexity index is 620. The van der Waals surface area contributed by atoms with Crippen LogP contribution in [0.2, 0.25) is 0 Å². The van der Waals surface area contributed by atoms with Gasteiger partial charge in [-0.15, -0.1) is 0 Å². The van der Waals surface area contributed by atoms with E-state index in [1.807, 2.05) is 6.92 Å². The third kappa shape index (κ3) is 2.58. The molecule has 0 aromatic heterocycles. The van der Waals surface area contributed by atoms with Crippen LogP contribution in [0, 0.1) is 24.7 Å². The van der Waals surface area contributed by atoms with E-state index in [0.717, 1.165) is 24.1 Å². The predicted molar refractivity (Wildman–Crippen MR) is 80.0 cm³/mol. The summed E-state index contributed by atoms with van der Waals surface area (Å²) >= 11 is 0. The summed E-state index contributed by atoms with van der Waals surface area (Å²) in [4.78, 5) is 23.9. The van der Waals surface area contributed by atoms with Gasteiger partial charge >= 0.3 is 5.97 Å². The Kier molecular flexibility index (Phi) is 3.53. The maximum Gasteiger partial charge on any atom is 0.337 e. The van der Waals surface area contributed by atoms with E-state index in [1.165, 1.54) is 7.11 Å². The number of ether oxygens (including phenoxy) is 1.